The molecule has 1 aromatic rings. The Balaban J connectivity index is 2.81. The number of hydrogen-bond donors (Lipinski definition) is 3. The summed E-state index contributed by atoms with van der Waals surface area (Å²) in [5.41, 5.74) is 3.49. The van der Waals surface area contributed by atoms with Crippen LogP contribution in [-0.4, -0.2) is 23.5 Å². The van der Waals surface area contributed by atoms with Crippen LogP contribution in [0.2, 0.25) is 5.02 Å². The van der Waals surface area contributed by atoms with Crippen LogP contribution < -0.4 is 16.6 Å². The maximum Gasteiger partial charge on any atom is 0.253 e. The molecule has 0 aliphatic carbocycles. The number of benzene rings is 1. The molecule has 0 unspecified atom stereocenters. The van der Waals surface area contributed by atoms with Crippen molar-refractivity contribution in [1.29, 1.82) is 0 Å². The Morgan fingerprint density at radius 3 is 2.72 bits per heavy atom. The van der Waals surface area contributed by atoms with Gasteiger partial charge in [-0.25, -0.2) is 0 Å². The van der Waals surface area contributed by atoms with E-state index >= 15 is 0 Å². The molecule has 0 radical (unpaired) electrons. The minimum absolute atomic E-state index is 0.00938. The van der Waals surface area contributed by atoms with E-state index in [1.807, 2.05) is 6.26 Å². The molecule has 0 spiro atoms. The highest BCUT2D eigenvalue weighted by Gasteiger charge is 2.18. The number of carbonyl (C=O) groups excluding carboxylic acids is 1. The average Bonchev–Trinajstić information content (AvgIpc) is 2.36. The Bertz CT molecular complexity index is 437. The smallest absolute Gasteiger partial charge is 0.253 e. The number of halogens is 1. The zero-order chi connectivity index (χ0) is 13.8. The van der Waals surface area contributed by atoms with Gasteiger partial charge in [0, 0.05) is 16.3 Å². The molecule has 1 aromatic carbocycles. The number of amides is 1. The van der Waals surface area contributed by atoms with E-state index in [0.29, 0.717) is 22.8 Å². The van der Waals surface area contributed by atoms with Gasteiger partial charge in [-0.15, -0.1) is 0 Å². The van der Waals surface area contributed by atoms with Crippen molar-refractivity contribution in [3.8, 4) is 0 Å². The van der Waals surface area contributed by atoms with Gasteiger partial charge >= 0.3 is 0 Å². The fourth-order valence-electron chi connectivity index (χ4n) is 1.29. The zero-order valence-electron chi connectivity index (χ0n) is 10.7. The highest BCUT2D eigenvalue weighted by molar-refractivity contribution is 7.99. The van der Waals surface area contributed by atoms with Gasteiger partial charge in [0.15, 0.2) is 0 Å². The number of rotatable bonds is 5. The van der Waals surface area contributed by atoms with Crippen LogP contribution in [0.3, 0.4) is 0 Å². The maximum absolute atomic E-state index is 12.1. The summed E-state index contributed by atoms with van der Waals surface area (Å²) in [5.74, 6) is 5.18. The molecule has 1 rings (SSSR count). The fraction of sp³-hybridized carbons (Fsp3) is 0.417. The minimum Gasteiger partial charge on any atom is -0.351 e. The predicted octanol–water partition coefficient (Wildman–Crippen LogP) is 2.50. The monoisotopic (exact) mass is 287 g/mol. The first-order valence-corrected chi connectivity index (χ1v) is 7.09. The lowest BCUT2D eigenvalue weighted by Gasteiger charge is -2.22. The molecule has 0 aliphatic heterocycles. The van der Waals surface area contributed by atoms with Crippen LogP contribution in [-0.2, 0) is 0 Å². The summed E-state index contributed by atoms with van der Waals surface area (Å²) in [5, 5.41) is 3.38. The third kappa shape index (κ3) is 4.08. The van der Waals surface area contributed by atoms with E-state index in [-0.39, 0.29) is 10.7 Å². The fourth-order valence-corrected chi connectivity index (χ4v) is 1.68. The van der Waals surface area contributed by atoms with Gasteiger partial charge in [-0.05, 0) is 38.3 Å². The number of hydrogen-bond acceptors (Lipinski definition) is 4. The second-order valence-electron chi connectivity index (χ2n) is 4.48. The van der Waals surface area contributed by atoms with Crippen molar-refractivity contribution in [2.45, 2.75) is 18.6 Å². The standard InChI is InChI=1S/C12H18ClN3OS/c1-12(2,18-3)7-15-11(17)9-6-8(13)4-5-10(9)16-14/h4-6,16H,7,14H2,1-3H3,(H,15,17). The van der Waals surface area contributed by atoms with Gasteiger partial charge in [0.2, 0.25) is 0 Å². The molecular formula is C12H18ClN3OS. The summed E-state index contributed by atoms with van der Waals surface area (Å²) in [6.45, 7) is 4.71. The van der Waals surface area contributed by atoms with Crippen LogP contribution in [0.15, 0.2) is 18.2 Å². The first kappa shape index (κ1) is 15.1. The van der Waals surface area contributed by atoms with Crippen molar-refractivity contribution in [3.63, 3.8) is 0 Å². The van der Waals surface area contributed by atoms with Crippen LogP contribution in [0.25, 0.3) is 0 Å². The van der Waals surface area contributed by atoms with Crippen LogP contribution in [0.5, 0.6) is 0 Å². The normalized spacial score (nSPS) is 11.2. The van der Waals surface area contributed by atoms with E-state index in [1.54, 1.807) is 30.0 Å². The minimum atomic E-state index is -0.187. The molecular weight excluding hydrogens is 270 g/mol. The van der Waals surface area contributed by atoms with Crippen molar-refractivity contribution >= 4 is 35.0 Å². The van der Waals surface area contributed by atoms with Gasteiger partial charge in [-0.1, -0.05) is 11.6 Å². The van der Waals surface area contributed by atoms with Crippen LogP contribution in [0.4, 0.5) is 5.69 Å². The lowest BCUT2D eigenvalue weighted by molar-refractivity contribution is 0.0951. The quantitative estimate of drug-likeness (QED) is 0.575. The Labute approximate surface area is 117 Å². The molecule has 0 bridgehead atoms. The molecule has 6 heteroatoms. The summed E-state index contributed by atoms with van der Waals surface area (Å²) in [6.07, 6.45) is 2.01. The lowest BCUT2D eigenvalue weighted by atomic mass is 10.1. The second kappa shape index (κ2) is 6.31. The van der Waals surface area contributed by atoms with Crippen LogP contribution in [0.1, 0.15) is 24.2 Å². The van der Waals surface area contributed by atoms with Crippen LogP contribution in [0, 0.1) is 0 Å². The summed E-state index contributed by atoms with van der Waals surface area (Å²) >= 11 is 7.58. The molecule has 0 fully saturated rings. The topological polar surface area (TPSA) is 67.2 Å². The molecule has 0 aromatic heterocycles. The van der Waals surface area contributed by atoms with Crippen molar-refractivity contribution in [1.82, 2.24) is 5.32 Å². The molecule has 4 nitrogen and oxygen atoms in total. The highest BCUT2D eigenvalue weighted by Crippen LogP contribution is 2.22. The van der Waals surface area contributed by atoms with E-state index in [2.05, 4.69) is 24.6 Å². The van der Waals surface area contributed by atoms with E-state index in [1.165, 1.54) is 0 Å². The number of nitrogens with one attached hydrogen (secondary N) is 2. The summed E-state index contributed by atoms with van der Waals surface area (Å²) in [6, 6.07) is 4.95. The molecule has 100 valence electrons. The molecule has 18 heavy (non-hydrogen) atoms. The molecule has 0 saturated carbocycles. The van der Waals surface area contributed by atoms with Gasteiger partial charge in [-0.2, -0.15) is 11.8 Å². The first-order valence-electron chi connectivity index (χ1n) is 5.49. The number of nitrogens with two attached hydrogens (primary N) is 1. The number of anilines is 1. The third-order valence-corrected chi connectivity index (χ3v) is 4.09. The van der Waals surface area contributed by atoms with Crippen molar-refractivity contribution in [2.75, 3.05) is 18.2 Å². The van der Waals surface area contributed by atoms with E-state index in [4.69, 9.17) is 17.4 Å². The van der Waals surface area contributed by atoms with Gasteiger partial charge in [0.05, 0.1) is 11.3 Å². The lowest BCUT2D eigenvalue weighted by Crippen LogP contribution is -2.36. The Morgan fingerprint density at radius 2 is 2.17 bits per heavy atom. The second-order valence-corrected chi connectivity index (χ2v) is 6.43. The molecule has 0 atom stereocenters. The van der Waals surface area contributed by atoms with E-state index in [0.717, 1.165) is 0 Å². The SMILES string of the molecule is CSC(C)(C)CNC(=O)c1cc(Cl)ccc1NN. The highest BCUT2D eigenvalue weighted by atomic mass is 35.5. The number of hydrazine groups is 1. The van der Waals surface area contributed by atoms with E-state index < -0.39 is 0 Å². The maximum atomic E-state index is 12.1. The van der Waals surface area contributed by atoms with E-state index in [9.17, 15) is 4.79 Å². The predicted molar refractivity (Wildman–Crippen MR) is 79.2 cm³/mol. The zero-order valence-corrected chi connectivity index (χ0v) is 12.3. The van der Waals surface area contributed by atoms with Gasteiger partial charge in [-0.3, -0.25) is 10.6 Å². The molecule has 0 heterocycles. The molecule has 4 N–H and O–H groups in total. The Hall–Kier alpha value is -0.910. The summed E-state index contributed by atoms with van der Waals surface area (Å²) in [4.78, 5) is 12.1. The number of nitrogen functional groups attached to an aromatic ring is 1. The average molecular weight is 288 g/mol. The Morgan fingerprint density at radius 1 is 1.50 bits per heavy atom. The van der Waals surface area contributed by atoms with Crippen molar-refractivity contribution in [2.24, 2.45) is 5.84 Å². The largest absolute Gasteiger partial charge is 0.351 e. The van der Waals surface area contributed by atoms with Crippen molar-refractivity contribution < 1.29 is 4.79 Å². The Kier molecular flexibility index (Phi) is 5.31. The first-order chi connectivity index (χ1) is 8.39. The van der Waals surface area contributed by atoms with Crippen molar-refractivity contribution in [3.05, 3.63) is 28.8 Å². The summed E-state index contributed by atoms with van der Waals surface area (Å²) < 4.78 is -0.00938. The van der Waals surface area contributed by atoms with Crippen LogP contribution >= 0.6 is 23.4 Å². The van der Waals surface area contributed by atoms with Gasteiger partial charge < -0.3 is 10.7 Å². The number of carbonyl (C=O) groups is 1. The molecule has 1 amide bonds. The van der Waals surface area contributed by atoms with Gasteiger partial charge in [0.25, 0.3) is 5.91 Å². The summed E-state index contributed by atoms with van der Waals surface area (Å²) in [7, 11) is 0. The number of thioether (sulfide) groups is 1. The molecule has 0 aliphatic rings. The third-order valence-electron chi connectivity index (χ3n) is 2.61. The molecule has 0 saturated heterocycles. The van der Waals surface area contributed by atoms with Gasteiger partial charge in [0.1, 0.15) is 0 Å².